The largest absolute Gasteiger partial charge is 0.309 e. The third-order valence-electron chi connectivity index (χ3n) is 4.22. The molecular formula is C18H20N2O3S. The third-order valence-corrected chi connectivity index (χ3v) is 5.62. The highest BCUT2D eigenvalue weighted by Gasteiger charge is 2.29. The number of fused-ring (bicyclic) bond motifs is 1. The number of carbonyl (C=O) groups is 1. The smallest absolute Gasteiger partial charge is 0.261 e. The summed E-state index contributed by atoms with van der Waals surface area (Å²) < 4.78 is 27.6. The molecule has 2 aromatic rings. The lowest BCUT2D eigenvalue weighted by atomic mass is 10.1. The maximum Gasteiger partial charge on any atom is 0.261 e. The second-order valence-corrected chi connectivity index (χ2v) is 7.89. The fourth-order valence-corrected chi connectivity index (χ4v) is 4.16. The van der Waals surface area contributed by atoms with E-state index in [2.05, 4.69) is 4.72 Å². The van der Waals surface area contributed by atoms with Gasteiger partial charge in [0.25, 0.3) is 10.0 Å². The molecule has 2 aromatic carbocycles. The first-order valence-electron chi connectivity index (χ1n) is 7.80. The molecule has 0 fully saturated rings. The van der Waals surface area contributed by atoms with E-state index in [1.54, 1.807) is 54.3 Å². The summed E-state index contributed by atoms with van der Waals surface area (Å²) in [5.74, 6) is -0.00534. The number of benzene rings is 2. The van der Waals surface area contributed by atoms with Gasteiger partial charge in [-0.25, -0.2) is 8.42 Å². The molecule has 6 heteroatoms. The van der Waals surface area contributed by atoms with E-state index in [1.165, 1.54) is 0 Å². The van der Waals surface area contributed by atoms with Gasteiger partial charge in [-0.15, -0.1) is 0 Å². The van der Waals surface area contributed by atoms with Gasteiger partial charge in [0, 0.05) is 24.3 Å². The zero-order valence-electron chi connectivity index (χ0n) is 13.9. The Kier molecular flexibility index (Phi) is 4.09. The van der Waals surface area contributed by atoms with E-state index in [9.17, 15) is 13.2 Å². The lowest BCUT2D eigenvalue weighted by Crippen LogP contribution is -2.33. The van der Waals surface area contributed by atoms with Crippen LogP contribution in [0.2, 0.25) is 0 Å². The molecule has 1 heterocycles. The zero-order valence-corrected chi connectivity index (χ0v) is 14.7. The number of carbonyl (C=O) groups excluding carboxylic acids is 1. The van der Waals surface area contributed by atoms with E-state index in [0.29, 0.717) is 5.69 Å². The van der Waals surface area contributed by atoms with Gasteiger partial charge in [0.15, 0.2) is 0 Å². The Morgan fingerprint density at radius 2 is 1.83 bits per heavy atom. The van der Waals surface area contributed by atoms with Crippen LogP contribution in [0.15, 0.2) is 47.4 Å². The van der Waals surface area contributed by atoms with Crippen LogP contribution in [0.3, 0.4) is 0 Å². The van der Waals surface area contributed by atoms with Gasteiger partial charge >= 0.3 is 0 Å². The standard InChI is InChI=1S/C18H20N2O3S/c1-12-4-7-17(8-5-12)24(22,23)19-16-6-9-18-15(11-16)10-13(2)20(18)14(3)21/h4-9,11,13,19H,10H2,1-3H3. The van der Waals surface area contributed by atoms with Crippen molar-refractivity contribution in [2.75, 3.05) is 9.62 Å². The van der Waals surface area contributed by atoms with Crippen molar-refractivity contribution in [2.45, 2.75) is 38.1 Å². The number of anilines is 2. The monoisotopic (exact) mass is 344 g/mol. The molecular weight excluding hydrogens is 324 g/mol. The van der Waals surface area contributed by atoms with E-state index >= 15 is 0 Å². The van der Waals surface area contributed by atoms with Crippen LogP contribution >= 0.6 is 0 Å². The molecule has 0 saturated heterocycles. The molecule has 5 nitrogen and oxygen atoms in total. The average Bonchev–Trinajstić information content (AvgIpc) is 2.82. The van der Waals surface area contributed by atoms with Crippen LogP contribution in [0.5, 0.6) is 0 Å². The maximum absolute atomic E-state index is 12.5. The van der Waals surface area contributed by atoms with Gasteiger partial charge in [-0.3, -0.25) is 9.52 Å². The molecule has 0 radical (unpaired) electrons. The average molecular weight is 344 g/mol. The number of hydrogen-bond donors (Lipinski definition) is 1. The van der Waals surface area contributed by atoms with E-state index < -0.39 is 10.0 Å². The molecule has 3 rings (SSSR count). The molecule has 0 spiro atoms. The quantitative estimate of drug-likeness (QED) is 0.930. The van der Waals surface area contributed by atoms with Gasteiger partial charge in [-0.05, 0) is 56.2 Å². The summed E-state index contributed by atoms with van der Waals surface area (Å²) in [5, 5.41) is 0. The summed E-state index contributed by atoms with van der Waals surface area (Å²) >= 11 is 0. The molecule has 0 saturated carbocycles. The van der Waals surface area contributed by atoms with Gasteiger partial charge < -0.3 is 4.90 Å². The van der Waals surface area contributed by atoms with E-state index in [1.807, 2.05) is 13.8 Å². The predicted octanol–water partition coefficient (Wildman–Crippen LogP) is 3.09. The number of rotatable bonds is 3. The van der Waals surface area contributed by atoms with Crippen LogP contribution in [0.4, 0.5) is 11.4 Å². The molecule has 1 N–H and O–H groups in total. The first-order chi connectivity index (χ1) is 11.3. The Bertz CT molecular complexity index is 889. The molecule has 1 unspecified atom stereocenters. The molecule has 1 aliphatic heterocycles. The van der Waals surface area contributed by atoms with Crippen molar-refractivity contribution in [1.82, 2.24) is 0 Å². The summed E-state index contributed by atoms with van der Waals surface area (Å²) in [4.78, 5) is 13.7. The first-order valence-corrected chi connectivity index (χ1v) is 9.28. The summed E-state index contributed by atoms with van der Waals surface area (Å²) in [7, 11) is -3.62. The number of nitrogens with zero attached hydrogens (tertiary/aromatic N) is 1. The van der Waals surface area contributed by atoms with Crippen LogP contribution < -0.4 is 9.62 Å². The number of nitrogens with one attached hydrogen (secondary N) is 1. The highest BCUT2D eigenvalue weighted by atomic mass is 32.2. The third kappa shape index (κ3) is 3.01. The van der Waals surface area contributed by atoms with Gasteiger partial charge in [0.1, 0.15) is 0 Å². The second kappa shape index (κ2) is 5.94. The normalized spacial score (nSPS) is 16.8. The van der Waals surface area contributed by atoms with Crippen molar-refractivity contribution in [3.05, 3.63) is 53.6 Å². The summed E-state index contributed by atoms with van der Waals surface area (Å²) in [5.41, 5.74) is 3.34. The number of aryl methyl sites for hydroxylation is 1. The predicted molar refractivity (Wildman–Crippen MR) is 94.8 cm³/mol. The Morgan fingerprint density at radius 3 is 2.46 bits per heavy atom. The Balaban J connectivity index is 1.89. The summed E-state index contributed by atoms with van der Waals surface area (Å²) in [6.45, 7) is 5.43. The van der Waals surface area contributed by atoms with Crippen LogP contribution in [0.1, 0.15) is 25.0 Å². The van der Waals surface area contributed by atoms with Crippen molar-refractivity contribution < 1.29 is 13.2 Å². The lowest BCUT2D eigenvalue weighted by molar-refractivity contribution is -0.116. The maximum atomic E-state index is 12.5. The Hall–Kier alpha value is -2.34. The number of hydrogen-bond acceptors (Lipinski definition) is 3. The highest BCUT2D eigenvalue weighted by Crippen LogP contribution is 2.34. The molecule has 1 amide bonds. The Labute approximate surface area is 142 Å². The molecule has 1 aliphatic rings. The van der Waals surface area contributed by atoms with E-state index in [4.69, 9.17) is 0 Å². The fraction of sp³-hybridized carbons (Fsp3) is 0.278. The summed E-state index contributed by atoms with van der Waals surface area (Å²) in [6, 6.07) is 12.1. The van der Waals surface area contributed by atoms with Crippen LogP contribution in [0, 0.1) is 6.92 Å². The molecule has 0 bridgehead atoms. The fourth-order valence-electron chi connectivity index (χ4n) is 3.11. The Morgan fingerprint density at radius 1 is 1.17 bits per heavy atom. The summed E-state index contributed by atoms with van der Waals surface area (Å²) in [6.07, 6.45) is 0.717. The molecule has 0 aliphatic carbocycles. The van der Waals surface area contributed by atoms with Gasteiger partial charge in [-0.2, -0.15) is 0 Å². The van der Waals surface area contributed by atoms with Gasteiger partial charge in [-0.1, -0.05) is 17.7 Å². The second-order valence-electron chi connectivity index (χ2n) is 6.20. The van der Waals surface area contributed by atoms with Crippen molar-refractivity contribution in [3.63, 3.8) is 0 Å². The molecule has 24 heavy (non-hydrogen) atoms. The van der Waals surface area contributed by atoms with Crippen LogP contribution in [-0.4, -0.2) is 20.4 Å². The van der Waals surface area contributed by atoms with Crippen molar-refractivity contribution >= 4 is 27.3 Å². The highest BCUT2D eigenvalue weighted by molar-refractivity contribution is 7.92. The van der Waals surface area contributed by atoms with Crippen LogP contribution in [-0.2, 0) is 21.2 Å². The van der Waals surface area contributed by atoms with Gasteiger partial charge in [0.2, 0.25) is 5.91 Å². The first kappa shape index (κ1) is 16.5. The van der Waals surface area contributed by atoms with E-state index in [0.717, 1.165) is 23.2 Å². The molecule has 1 atom stereocenters. The zero-order chi connectivity index (χ0) is 17.5. The lowest BCUT2D eigenvalue weighted by Gasteiger charge is -2.20. The SMILES string of the molecule is CC(=O)N1c2ccc(NS(=O)(=O)c3ccc(C)cc3)cc2CC1C. The van der Waals surface area contributed by atoms with Gasteiger partial charge in [0.05, 0.1) is 4.90 Å². The minimum absolute atomic E-state index is 0.00534. The molecule has 0 aromatic heterocycles. The molecule has 126 valence electrons. The van der Waals surface area contributed by atoms with Crippen LogP contribution in [0.25, 0.3) is 0 Å². The van der Waals surface area contributed by atoms with Crippen molar-refractivity contribution in [3.8, 4) is 0 Å². The minimum Gasteiger partial charge on any atom is -0.309 e. The van der Waals surface area contributed by atoms with E-state index in [-0.39, 0.29) is 16.8 Å². The number of amides is 1. The topological polar surface area (TPSA) is 66.5 Å². The number of sulfonamides is 1. The minimum atomic E-state index is -3.62. The van der Waals surface area contributed by atoms with Crippen molar-refractivity contribution in [1.29, 1.82) is 0 Å². The van der Waals surface area contributed by atoms with Crippen molar-refractivity contribution in [2.24, 2.45) is 0 Å².